The highest BCUT2D eigenvalue weighted by Gasteiger charge is 2.18. The molecule has 0 atom stereocenters. The van der Waals surface area contributed by atoms with Crippen LogP contribution in [0.3, 0.4) is 0 Å². The standard InChI is InChI=1S/C29H21FN8S/c30-24-7-6-23(39-24)21-8-9-33-28-25(21)35-29(36-28)26-22-11-20(16-34-27(22)38-37-26)19-10-18(14-32-15-19)13-31-12-17-4-2-1-3-5-17/h1-11,14-16,31H,12-13H2,(H,33,35,36)(H,34,37,38). The normalized spacial score (nSPS) is 11.5. The minimum absolute atomic E-state index is 0.242. The molecule has 3 N–H and O–H groups in total. The first-order valence-electron chi connectivity index (χ1n) is 12.3. The fourth-order valence-electron chi connectivity index (χ4n) is 4.61. The SMILES string of the molecule is Fc1ccc(-c2ccnc3[nH]c(-c4n[nH]c5ncc(-c6cncc(CNCc7ccccc7)c6)cc45)nc23)s1. The molecule has 7 aromatic rings. The lowest BCUT2D eigenvalue weighted by Crippen LogP contribution is -2.12. The third-order valence-electron chi connectivity index (χ3n) is 6.49. The molecule has 39 heavy (non-hydrogen) atoms. The van der Waals surface area contributed by atoms with Crippen LogP contribution in [-0.2, 0) is 13.1 Å². The van der Waals surface area contributed by atoms with Crippen LogP contribution in [0, 0.1) is 5.13 Å². The van der Waals surface area contributed by atoms with Crippen molar-refractivity contribution in [3.05, 3.63) is 102 Å². The number of nitrogens with zero attached hydrogens (tertiary/aromatic N) is 5. The number of nitrogens with one attached hydrogen (secondary N) is 3. The summed E-state index contributed by atoms with van der Waals surface area (Å²) in [6, 6.07) is 19.5. The third-order valence-corrected chi connectivity index (χ3v) is 7.40. The average molecular weight is 533 g/mol. The lowest BCUT2D eigenvalue weighted by molar-refractivity contribution is 0.657. The lowest BCUT2D eigenvalue weighted by atomic mass is 10.1. The van der Waals surface area contributed by atoms with Gasteiger partial charge in [-0.15, -0.1) is 11.3 Å². The number of aromatic nitrogens is 7. The molecule has 7 rings (SSSR count). The molecule has 0 aliphatic heterocycles. The van der Waals surface area contributed by atoms with Crippen molar-refractivity contribution in [1.29, 1.82) is 0 Å². The van der Waals surface area contributed by atoms with Crippen molar-refractivity contribution in [2.24, 2.45) is 0 Å². The number of halogens is 1. The third kappa shape index (κ3) is 4.56. The number of rotatable bonds is 7. The van der Waals surface area contributed by atoms with E-state index >= 15 is 0 Å². The van der Waals surface area contributed by atoms with E-state index in [4.69, 9.17) is 4.98 Å². The molecule has 6 aromatic heterocycles. The zero-order valence-electron chi connectivity index (χ0n) is 20.5. The number of benzene rings is 1. The van der Waals surface area contributed by atoms with E-state index in [0.29, 0.717) is 34.9 Å². The molecule has 0 bridgehead atoms. The summed E-state index contributed by atoms with van der Waals surface area (Å²) in [5.74, 6) is 0.559. The van der Waals surface area contributed by atoms with E-state index in [1.54, 1.807) is 12.3 Å². The molecule has 8 nitrogen and oxygen atoms in total. The Morgan fingerprint density at radius 1 is 0.846 bits per heavy atom. The van der Waals surface area contributed by atoms with E-state index in [1.807, 2.05) is 48.9 Å². The van der Waals surface area contributed by atoms with Gasteiger partial charge in [-0.3, -0.25) is 10.1 Å². The van der Waals surface area contributed by atoms with Crippen LogP contribution in [0.15, 0.2) is 85.5 Å². The first-order valence-corrected chi connectivity index (χ1v) is 13.2. The Kier molecular flexibility index (Phi) is 5.87. The predicted octanol–water partition coefficient (Wildman–Crippen LogP) is 6.12. The first-order chi connectivity index (χ1) is 19.2. The van der Waals surface area contributed by atoms with Gasteiger partial charge in [0.1, 0.15) is 11.2 Å². The molecule has 0 amide bonds. The van der Waals surface area contributed by atoms with Crippen LogP contribution in [-0.4, -0.2) is 35.1 Å². The van der Waals surface area contributed by atoms with Crippen molar-refractivity contribution >= 4 is 33.5 Å². The van der Waals surface area contributed by atoms with E-state index in [-0.39, 0.29) is 5.13 Å². The van der Waals surface area contributed by atoms with Crippen molar-refractivity contribution in [2.45, 2.75) is 13.1 Å². The van der Waals surface area contributed by atoms with Gasteiger partial charge in [0.15, 0.2) is 22.2 Å². The Morgan fingerprint density at radius 2 is 1.72 bits per heavy atom. The van der Waals surface area contributed by atoms with Gasteiger partial charge in [0.05, 0.1) is 5.39 Å². The van der Waals surface area contributed by atoms with Gasteiger partial charge in [0, 0.05) is 59.4 Å². The smallest absolute Gasteiger partial charge is 0.176 e. The second-order valence-corrected chi connectivity index (χ2v) is 10.1. The summed E-state index contributed by atoms with van der Waals surface area (Å²) in [6.07, 6.45) is 7.20. The Balaban J connectivity index is 1.20. The van der Waals surface area contributed by atoms with Gasteiger partial charge in [-0.2, -0.15) is 9.49 Å². The first kappa shape index (κ1) is 23.3. The minimum Gasteiger partial charge on any atom is -0.321 e. The number of hydrogen-bond donors (Lipinski definition) is 3. The summed E-state index contributed by atoms with van der Waals surface area (Å²) in [5, 5.41) is 11.6. The molecule has 10 heteroatoms. The van der Waals surface area contributed by atoms with Gasteiger partial charge in [0.2, 0.25) is 0 Å². The van der Waals surface area contributed by atoms with Crippen LogP contribution in [0.5, 0.6) is 0 Å². The molecule has 0 saturated carbocycles. The molecule has 1 aromatic carbocycles. The topological polar surface area (TPSA) is 108 Å². The minimum atomic E-state index is -0.242. The zero-order chi connectivity index (χ0) is 26.2. The van der Waals surface area contributed by atoms with Crippen LogP contribution in [0.2, 0.25) is 0 Å². The molecular formula is C29H21FN8S. The highest BCUT2D eigenvalue weighted by Crippen LogP contribution is 2.34. The van der Waals surface area contributed by atoms with Gasteiger partial charge in [-0.25, -0.2) is 15.0 Å². The van der Waals surface area contributed by atoms with E-state index in [1.165, 1.54) is 11.6 Å². The maximum absolute atomic E-state index is 13.7. The number of fused-ring (bicyclic) bond motifs is 2. The Hall–Kier alpha value is -4.80. The average Bonchev–Trinajstić information content (AvgIpc) is 3.71. The Morgan fingerprint density at radius 3 is 2.59 bits per heavy atom. The molecule has 0 unspecified atom stereocenters. The van der Waals surface area contributed by atoms with E-state index < -0.39 is 0 Å². The van der Waals surface area contributed by atoms with Crippen molar-refractivity contribution in [3.8, 4) is 33.1 Å². The number of aromatic amines is 2. The highest BCUT2D eigenvalue weighted by atomic mass is 32.1. The molecule has 190 valence electrons. The molecule has 0 aliphatic rings. The van der Waals surface area contributed by atoms with Gasteiger partial charge < -0.3 is 10.3 Å². The maximum Gasteiger partial charge on any atom is 0.176 e. The fourth-order valence-corrected chi connectivity index (χ4v) is 5.37. The van der Waals surface area contributed by atoms with E-state index in [2.05, 4.69) is 53.6 Å². The summed E-state index contributed by atoms with van der Waals surface area (Å²) < 4.78 is 13.7. The number of hydrogen-bond acceptors (Lipinski definition) is 7. The number of imidazole rings is 1. The molecule has 0 radical (unpaired) electrons. The van der Waals surface area contributed by atoms with E-state index in [0.717, 1.165) is 50.4 Å². The van der Waals surface area contributed by atoms with Crippen molar-refractivity contribution in [2.75, 3.05) is 0 Å². The largest absolute Gasteiger partial charge is 0.321 e. The van der Waals surface area contributed by atoms with Crippen LogP contribution in [0.1, 0.15) is 11.1 Å². The van der Waals surface area contributed by atoms with E-state index in [9.17, 15) is 4.39 Å². The number of pyridine rings is 3. The zero-order valence-corrected chi connectivity index (χ0v) is 21.3. The van der Waals surface area contributed by atoms with Crippen LogP contribution >= 0.6 is 11.3 Å². The predicted molar refractivity (Wildman–Crippen MR) is 150 cm³/mol. The summed E-state index contributed by atoms with van der Waals surface area (Å²) in [6.45, 7) is 1.48. The second-order valence-electron chi connectivity index (χ2n) is 9.11. The maximum atomic E-state index is 13.7. The van der Waals surface area contributed by atoms with Gasteiger partial charge >= 0.3 is 0 Å². The van der Waals surface area contributed by atoms with Gasteiger partial charge in [0.25, 0.3) is 0 Å². The monoisotopic (exact) mass is 532 g/mol. The summed E-state index contributed by atoms with van der Waals surface area (Å²) >= 11 is 1.08. The molecule has 0 aliphatic carbocycles. The fraction of sp³-hybridized carbons (Fsp3) is 0.0690. The second kappa shape index (κ2) is 9.82. The number of H-pyrrole nitrogens is 2. The summed E-state index contributed by atoms with van der Waals surface area (Å²) in [5.41, 5.74) is 7.57. The van der Waals surface area contributed by atoms with Crippen molar-refractivity contribution in [3.63, 3.8) is 0 Å². The van der Waals surface area contributed by atoms with Crippen molar-refractivity contribution < 1.29 is 4.39 Å². The van der Waals surface area contributed by atoms with Crippen LogP contribution in [0.4, 0.5) is 4.39 Å². The van der Waals surface area contributed by atoms with Gasteiger partial charge in [-0.05, 0) is 41.5 Å². The summed E-state index contributed by atoms with van der Waals surface area (Å²) in [4.78, 5) is 22.3. The van der Waals surface area contributed by atoms with Crippen LogP contribution in [0.25, 0.3) is 55.3 Å². The van der Waals surface area contributed by atoms with Crippen LogP contribution < -0.4 is 5.32 Å². The highest BCUT2D eigenvalue weighted by molar-refractivity contribution is 7.14. The number of thiophene rings is 1. The van der Waals surface area contributed by atoms with Gasteiger partial charge in [-0.1, -0.05) is 30.3 Å². The lowest BCUT2D eigenvalue weighted by Gasteiger charge is -2.07. The quantitative estimate of drug-likeness (QED) is 0.228. The molecule has 6 heterocycles. The molecule has 0 saturated heterocycles. The molecule has 0 fully saturated rings. The van der Waals surface area contributed by atoms with Crippen molar-refractivity contribution in [1.82, 2.24) is 40.4 Å². The Bertz CT molecular complexity index is 1920. The molecular weight excluding hydrogens is 511 g/mol. The molecule has 0 spiro atoms. The summed E-state index contributed by atoms with van der Waals surface area (Å²) in [7, 11) is 0. The Labute approximate surface area is 226 Å².